The van der Waals surface area contributed by atoms with Crippen molar-refractivity contribution in [3.63, 3.8) is 0 Å². The summed E-state index contributed by atoms with van der Waals surface area (Å²) in [6.45, 7) is 7.49. The Morgan fingerprint density at radius 3 is 2.59 bits per heavy atom. The van der Waals surface area contributed by atoms with E-state index in [1.54, 1.807) is 0 Å². The molecule has 2 aromatic rings. The molecule has 29 heavy (non-hydrogen) atoms. The van der Waals surface area contributed by atoms with E-state index in [2.05, 4.69) is 66.3 Å². The summed E-state index contributed by atoms with van der Waals surface area (Å²) in [5.41, 5.74) is 4.77. The van der Waals surface area contributed by atoms with E-state index in [1.165, 1.54) is 16.7 Å². The van der Waals surface area contributed by atoms with Crippen molar-refractivity contribution in [2.24, 2.45) is 0 Å². The quantitative estimate of drug-likeness (QED) is 0.755. The molecular weight excluding hydrogens is 382 g/mol. The average Bonchev–Trinajstić information content (AvgIpc) is 3.17. The third-order valence-electron chi connectivity index (χ3n) is 5.94. The predicted molar refractivity (Wildman–Crippen MR) is 121 cm³/mol. The highest BCUT2D eigenvalue weighted by molar-refractivity contribution is 7.80. The summed E-state index contributed by atoms with van der Waals surface area (Å²) in [6, 6.07) is 13.0. The summed E-state index contributed by atoms with van der Waals surface area (Å²) in [4.78, 5) is 4.73. The van der Waals surface area contributed by atoms with E-state index in [0.717, 1.165) is 54.8 Å². The van der Waals surface area contributed by atoms with Crippen LogP contribution in [0, 0.1) is 13.8 Å². The van der Waals surface area contributed by atoms with E-state index in [-0.39, 0.29) is 0 Å². The lowest BCUT2D eigenvalue weighted by atomic mass is 10.0. The van der Waals surface area contributed by atoms with E-state index in [9.17, 15) is 0 Å². The van der Waals surface area contributed by atoms with E-state index >= 15 is 0 Å². The molecule has 2 aromatic carbocycles. The van der Waals surface area contributed by atoms with E-state index in [0.29, 0.717) is 12.8 Å². The third kappa shape index (κ3) is 4.65. The van der Waals surface area contributed by atoms with Crippen LogP contribution >= 0.6 is 12.2 Å². The van der Waals surface area contributed by atoms with Crippen LogP contribution < -0.4 is 14.8 Å². The maximum Gasteiger partial charge on any atom is 0.231 e. The number of hydrogen-bond donors (Lipinski definition) is 1. The summed E-state index contributed by atoms with van der Waals surface area (Å²) in [7, 11) is 2.18. The fraction of sp³-hybridized carbons (Fsp3) is 0.435. The maximum atomic E-state index is 5.89. The van der Waals surface area contributed by atoms with Crippen LogP contribution in [0.3, 0.4) is 0 Å². The molecule has 4 rings (SSSR count). The largest absolute Gasteiger partial charge is 0.454 e. The van der Waals surface area contributed by atoms with Gasteiger partial charge in [-0.2, -0.15) is 0 Å². The van der Waals surface area contributed by atoms with E-state index in [4.69, 9.17) is 21.7 Å². The van der Waals surface area contributed by atoms with Crippen molar-refractivity contribution in [1.82, 2.24) is 9.80 Å². The lowest BCUT2D eigenvalue weighted by Gasteiger charge is -2.39. The van der Waals surface area contributed by atoms with Gasteiger partial charge in [-0.15, -0.1) is 0 Å². The molecule has 0 radical (unpaired) electrons. The molecule has 1 saturated heterocycles. The third-order valence-corrected chi connectivity index (χ3v) is 6.27. The molecular formula is C23H29N3O2S. The first-order valence-corrected chi connectivity index (χ1v) is 10.6. The van der Waals surface area contributed by atoms with Crippen molar-refractivity contribution in [2.45, 2.75) is 39.3 Å². The second-order valence-electron chi connectivity index (χ2n) is 8.08. The zero-order chi connectivity index (χ0) is 20.4. The van der Waals surface area contributed by atoms with Crippen LogP contribution in [0.5, 0.6) is 11.5 Å². The fourth-order valence-electron chi connectivity index (χ4n) is 3.92. The summed E-state index contributed by atoms with van der Waals surface area (Å²) in [5.74, 6) is 1.63. The first kappa shape index (κ1) is 20.0. The number of thiocarbonyl (C=S) groups is 1. The van der Waals surface area contributed by atoms with Crippen LogP contribution in [0.2, 0.25) is 0 Å². The molecule has 2 aliphatic rings. The van der Waals surface area contributed by atoms with Crippen molar-refractivity contribution < 1.29 is 9.47 Å². The zero-order valence-corrected chi connectivity index (χ0v) is 18.2. The molecule has 0 aromatic heterocycles. The summed E-state index contributed by atoms with van der Waals surface area (Å²) >= 11 is 5.89. The second-order valence-corrected chi connectivity index (χ2v) is 8.47. The number of nitrogens with one attached hydrogen (secondary N) is 1. The van der Waals surface area contributed by atoms with Gasteiger partial charge in [0.1, 0.15) is 0 Å². The van der Waals surface area contributed by atoms with Gasteiger partial charge in [-0.05, 0) is 100.0 Å². The molecule has 154 valence electrons. The molecule has 0 saturated carbocycles. The Hall–Kier alpha value is -2.31. The Labute approximate surface area is 178 Å². The van der Waals surface area contributed by atoms with Gasteiger partial charge in [0, 0.05) is 18.3 Å². The summed E-state index contributed by atoms with van der Waals surface area (Å²) in [6.07, 6.45) is 2.21. The number of fused-ring (bicyclic) bond motifs is 1. The molecule has 1 N–H and O–H groups in total. The highest BCUT2D eigenvalue weighted by Crippen LogP contribution is 2.33. The van der Waals surface area contributed by atoms with Crippen LogP contribution in [-0.2, 0) is 6.54 Å². The second kappa shape index (κ2) is 8.59. The van der Waals surface area contributed by atoms with Crippen molar-refractivity contribution >= 4 is 23.0 Å². The van der Waals surface area contributed by atoms with Crippen LogP contribution in [0.15, 0.2) is 36.4 Å². The van der Waals surface area contributed by atoms with Crippen LogP contribution in [0.4, 0.5) is 5.69 Å². The van der Waals surface area contributed by atoms with Crippen molar-refractivity contribution in [3.8, 4) is 11.5 Å². The van der Waals surface area contributed by atoms with Crippen molar-refractivity contribution in [1.29, 1.82) is 0 Å². The number of likely N-dealkylation sites (tertiary alicyclic amines) is 1. The van der Waals surface area contributed by atoms with Gasteiger partial charge < -0.3 is 24.6 Å². The fourth-order valence-corrected chi connectivity index (χ4v) is 4.26. The Balaban J connectivity index is 1.54. The molecule has 6 heteroatoms. The number of anilines is 1. The molecule has 0 aliphatic carbocycles. The van der Waals surface area contributed by atoms with Crippen LogP contribution in [0.1, 0.15) is 29.5 Å². The van der Waals surface area contributed by atoms with Gasteiger partial charge in [-0.1, -0.05) is 12.1 Å². The molecule has 1 fully saturated rings. The predicted octanol–water partition coefficient (Wildman–Crippen LogP) is 4.33. The minimum absolute atomic E-state index is 0.296. The molecule has 0 bridgehead atoms. The maximum absolute atomic E-state index is 5.89. The number of nitrogens with zero attached hydrogens (tertiary/aromatic N) is 2. The Kier molecular flexibility index (Phi) is 5.92. The zero-order valence-electron chi connectivity index (χ0n) is 17.4. The molecule has 2 aliphatic heterocycles. The Bertz CT molecular complexity index is 894. The van der Waals surface area contributed by atoms with E-state index < -0.39 is 0 Å². The lowest BCUT2D eigenvalue weighted by molar-refractivity contribution is 0.172. The molecule has 0 amide bonds. The highest BCUT2D eigenvalue weighted by Gasteiger charge is 2.26. The summed E-state index contributed by atoms with van der Waals surface area (Å²) in [5, 5.41) is 4.26. The van der Waals surface area contributed by atoms with Gasteiger partial charge in [0.15, 0.2) is 16.6 Å². The van der Waals surface area contributed by atoms with Gasteiger partial charge in [0.25, 0.3) is 0 Å². The molecule has 0 atom stereocenters. The molecule has 5 nitrogen and oxygen atoms in total. The average molecular weight is 412 g/mol. The summed E-state index contributed by atoms with van der Waals surface area (Å²) < 4.78 is 11.0. The van der Waals surface area contributed by atoms with Crippen LogP contribution in [-0.4, -0.2) is 47.9 Å². The molecule has 2 heterocycles. The van der Waals surface area contributed by atoms with E-state index in [1.807, 2.05) is 6.07 Å². The minimum atomic E-state index is 0.296. The van der Waals surface area contributed by atoms with Crippen molar-refractivity contribution in [2.75, 3.05) is 32.2 Å². The number of aryl methyl sites for hydroxylation is 2. The number of piperidine rings is 1. The number of rotatable bonds is 4. The first-order valence-electron chi connectivity index (χ1n) is 10.2. The first-order chi connectivity index (χ1) is 14.0. The minimum Gasteiger partial charge on any atom is -0.454 e. The van der Waals surface area contributed by atoms with Crippen LogP contribution in [0.25, 0.3) is 0 Å². The lowest BCUT2D eigenvalue weighted by Crippen LogP contribution is -2.47. The highest BCUT2D eigenvalue weighted by atomic mass is 32.1. The topological polar surface area (TPSA) is 37.0 Å². The molecule has 0 spiro atoms. The normalized spacial score (nSPS) is 16.7. The molecule has 0 unspecified atom stereocenters. The van der Waals surface area contributed by atoms with Gasteiger partial charge in [0.2, 0.25) is 6.79 Å². The van der Waals surface area contributed by atoms with Gasteiger partial charge in [-0.25, -0.2) is 0 Å². The standard InChI is InChI=1S/C23H29N3O2S/c1-16-4-6-19(12-17(16)2)24-23(29)26(20-8-10-25(3)11-9-20)14-18-5-7-21-22(13-18)28-15-27-21/h4-7,12-13,20H,8-11,14-15H2,1-3H3,(H,24,29). The smallest absolute Gasteiger partial charge is 0.231 e. The van der Waals surface area contributed by atoms with Gasteiger partial charge in [-0.3, -0.25) is 0 Å². The number of ether oxygens (including phenoxy) is 2. The number of benzene rings is 2. The SMILES string of the molecule is Cc1ccc(NC(=S)N(Cc2ccc3c(c2)OCO3)C2CCN(C)CC2)cc1C. The number of hydrogen-bond acceptors (Lipinski definition) is 4. The monoisotopic (exact) mass is 411 g/mol. The van der Waals surface area contributed by atoms with Gasteiger partial charge >= 0.3 is 0 Å². The van der Waals surface area contributed by atoms with Crippen molar-refractivity contribution in [3.05, 3.63) is 53.1 Å². The Morgan fingerprint density at radius 2 is 1.83 bits per heavy atom. The Morgan fingerprint density at radius 1 is 1.07 bits per heavy atom. The van der Waals surface area contributed by atoms with Gasteiger partial charge in [0.05, 0.1) is 0 Å².